The Labute approximate surface area is 146 Å². The van der Waals surface area contributed by atoms with Crippen LogP contribution in [0.3, 0.4) is 0 Å². The van der Waals surface area contributed by atoms with Crippen molar-refractivity contribution in [1.29, 1.82) is 5.26 Å². The normalized spacial score (nSPS) is 18.7. The summed E-state index contributed by atoms with van der Waals surface area (Å²) in [6.45, 7) is 3.11. The van der Waals surface area contributed by atoms with E-state index in [1.165, 1.54) is 12.1 Å². The highest BCUT2D eigenvalue weighted by Crippen LogP contribution is 2.21. The van der Waals surface area contributed by atoms with E-state index in [0.717, 1.165) is 31.9 Å². The van der Waals surface area contributed by atoms with E-state index < -0.39 is 6.10 Å². The number of nitrogens with zero attached hydrogens (tertiary/aromatic N) is 3. The zero-order valence-electron chi connectivity index (χ0n) is 13.9. The lowest BCUT2D eigenvalue weighted by molar-refractivity contribution is 0.124. The van der Waals surface area contributed by atoms with Crippen molar-refractivity contribution in [3.8, 4) is 6.07 Å². The Bertz CT molecular complexity index is 744. The Hall–Kier alpha value is -2.49. The lowest BCUT2D eigenvalue weighted by Crippen LogP contribution is -2.27. The second-order valence-electron chi connectivity index (χ2n) is 6.41. The fraction of sp³-hybridized carbons (Fsp3) is 0.368. The molecule has 0 saturated carbocycles. The molecule has 1 fully saturated rings. The summed E-state index contributed by atoms with van der Waals surface area (Å²) in [5.74, 6) is 0.907. The van der Waals surface area contributed by atoms with Gasteiger partial charge in [0, 0.05) is 25.8 Å². The number of anilines is 1. The number of β-amino-alcohol motifs (C(OH)–C–C–N with tert-alkyl or cyclic N) is 1. The van der Waals surface area contributed by atoms with Gasteiger partial charge in [-0.15, -0.1) is 0 Å². The maximum atomic E-state index is 13.3. The highest BCUT2D eigenvalue weighted by Gasteiger charge is 2.24. The van der Waals surface area contributed by atoms with Crippen molar-refractivity contribution >= 4 is 5.82 Å². The van der Waals surface area contributed by atoms with Gasteiger partial charge in [0.05, 0.1) is 11.7 Å². The van der Waals surface area contributed by atoms with Gasteiger partial charge in [0.2, 0.25) is 0 Å². The highest BCUT2D eigenvalue weighted by atomic mass is 19.1. The van der Waals surface area contributed by atoms with Gasteiger partial charge in [-0.3, -0.25) is 0 Å². The van der Waals surface area contributed by atoms with Crippen LogP contribution in [-0.2, 0) is 0 Å². The van der Waals surface area contributed by atoms with Gasteiger partial charge in [-0.2, -0.15) is 5.26 Å². The minimum atomic E-state index is -0.678. The molecule has 2 N–H and O–H groups in total. The first-order chi connectivity index (χ1) is 12.1. The van der Waals surface area contributed by atoms with Crippen LogP contribution in [0, 0.1) is 23.1 Å². The molecule has 2 atom stereocenters. The average molecular weight is 340 g/mol. The van der Waals surface area contributed by atoms with Gasteiger partial charge in [0.15, 0.2) is 0 Å². The monoisotopic (exact) mass is 340 g/mol. The van der Waals surface area contributed by atoms with E-state index in [1.807, 2.05) is 6.07 Å². The van der Waals surface area contributed by atoms with Crippen LogP contribution in [0.4, 0.5) is 10.2 Å². The molecule has 2 aromatic rings. The van der Waals surface area contributed by atoms with Gasteiger partial charge in [-0.05, 0) is 48.7 Å². The Morgan fingerprint density at radius 1 is 1.40 bits per heavy atom. The van der Waals surface area contributed by atoms with Gasteiger partial charge >= 0.3 is 0 Å². The number of benzene rings is 1. The Morgan fingerprint density at radius 3 is 3.00 bits per heavy atom. The summed E-state index contributed by atoms with van der Waals surface area (Å²) < 4.78 is 13.3. The van der Waals surface area contributed by atoms with Crippen molar-refractivity contribution < 1.29 is 9.50 Å². The zero-order valence-corrected chi connectivity index (χ0v) is 13.9. The maximum absolute atomic E-state index is 13.3. The van der Waals surface area contributed by atoms with E-state index >= 15 is 0 Å². The van der Waals surface area contributed by atoms with Crippen LogP contribution in [-0.4, -0.2) is 41.2 Å². The molecule has 5 nitrogen and oxygen atoms in total. The summed E-state index contributed by atoms with van der Waals surface area (Å²) in [5, 5.41) is 22.4. The fourth-order valence-electron chi connectivity index (χ4n) is 3.12. The number of halogens is 1. The van der Waals surface area contributed by atoms with E-state index in [9.17, 15) is 9.50 Å². The lowest BCUT2D eigenvalue weighted by Gasteiger charge is -2.20. The van der Waals surface area contributed by atoms with Crippen LogP contribution < -0.4 is 5.32 Å². The van der Waals surface area contributed by atoms with Crippen LogP contribution in [0.5, 0.6) is 0 Å². The molecule has 1 aliphatic heterocycles. The standard InChI is InChI=1S/C19H21FN4O/c20-17-3-1-2-16(8-17)18(25)13-24-7-6-15(12-24)11-23-19-5-4-14(9-21)10-22-19/h1-5,8,10,15,18,25H,6-7,11-13H2,(H,22,23). The molecular formula is C19H21FN4O. The highest BCUT2D eigenvalue weighted by molar-refractivity contribution is 5.38. The molecule has 0 amide bonds. The van der Waals surface area contributed by atoms with Crippen molar-refractivity contribution in [2.45, 2.75) is 12.5 Å². The molecule has 0 spiro atoms. The predicted octanol–water partition coefficient (Wildman–Crippen LogP) is 2.56. The molecule has 0 aliphatic carbocycles. The second-order valence-corrected chi connectivity index (χ2v) is 6.41. The minimum absolute atomic E-state index is 0.324. The Kier molecular flexibility index (Phi) is 5.59. The third-order valence-electron chi connectivity index (χ3n) is 4.50. The quantitative estimate of drug-likeness (QED) is 0.846. The van der Waals surface area contributed by atoms with Crippen LogP contribution >= 0.6 is 0 Å². The number of rotatable bonds is 6. The van der Waals surface area contributed by atoms with Crippen LogP contribution in [0.1, 0.15) is 23.7 Å². The molecule has 2 heterocycles. The van der Waals surface area contributed by atoms with Crippen molar-refractivity contribution in [2.75, 3.05) is 31.5 Å². The second kappa shape index (κ2) is 8.06. The largest absolute Gasteiger partial charge is 0.387 e. The van der Waals surface area contributed by atoms with E-state index in [4.69, 9.17) is 5.26 Å². The fourth-order valence-corrected chi connectivity index (χ4v) is 3.12. The van der Waals surface area contributed by atoms with Crippen LogP contribution in [0.25, 0.3) is 0 Å². The topological polar surface area (TPSA) is 72.2 Å². The van der Waals surface area contributed by atoms with E-state index in [0.29, 0.717) is 23.6 Å². The number of nitrogens with one attached hydrogen (secondary N) is 1. The molecule has 1 aliphatic rings. The molecule has 3 rings (SSSR count). The number of likely N-dealkylation sites (tertiary alicyclic amines) is 1. The Morgan fingerprint density at radius 2 is 2.28 bits per heavy atom. The number of pyridine rings is 1. The van der Waals surface area contributed by atoms with Gasteiger partial charge in [0.1, 0.15) is 17.7 Å². The van der Waals surface area contributed by atoms with E-state index in [-0.39, 0.29) is 5.82 Å². The molecule has 1 aromatic heterocycles. The first-order valence-electron chi connectivity index (χ1n) is 8.40. The Balaban J connectivity index is 1.46. The summed E-state index contributed by atoms with van der Waals surface area (Å²) >= 11 is 0. The third kappa shape index (κ3) is 4.75. The molecule has 1 aromatic carbocycles. The summed E-state index contributed by atoms with van der Waals surface area (Å²) in [4.78, 5) is 6.41. The number of hydrogen-bond donors (Lipinski definition) is 2. The molecular weight excluding hydrogens is 319 g/mol. The van der Waals surface area contributed by atoms with Crippen molar-refractivity contribution in [1.82, 2.24) is 9.88 Å². The van der Waals surface area contributed by atoms with Crippen LogP contribution in [0.2, 0.25) is 0 Å². The first-order valence-corrected chi connectivity index (χ1v) is 8.40. The van der Waals surface area contributed by atoms with Gasteiger partial charge in [-0.1, -0.05) is 12.1 Å². The lowest BCUT2D eigenvalue weighted by atomic mass is 10.1. The molecule has 1 saturated heterocycles. The van der Waals surface area contributed by atoms with E-state index in [1.54, 1.807) is 30.5 Å². The maximum Gasteiger partial charge on any atom is 0.125 e. The van der Waals surface area contributed by atoms with Crippen molar-refractivity contribution in [3.63, 3.8) is 0 Å². The number of aliphatic hydroxyl groups is 1. The SMILES string of the molecule is N#Cc1ccc(NCC2CCN(CC(O)c3cccc(F)c3)C2)nc1. The minimum Gasteiger partial charge on any atom is -0.387 e. The molecule has 0 radical (unpaired) electrons. The number of aromatic nitrogens is 1. The van der Waals surface area contributed by atoms with Gasteiger partial charge < -0.3 is 15.3 Å². The van der Waals surface area contributed by atoms with Gasteiger partial charge in [-0.25, -0.2) is 9.37 Å². The molecule has 2 unspecified atom stereocenters. The summed E-state index contributed by atoms with van der Waals surface area (Å²) in [5.41, 5.74) is 1.16. The van der Waals surface area contributed by atoms with Crippen molar-refractivity contribution in [3.05, 3.63) is 59.5 Å². The summed E-state index contributed by atoms with van der Waals surface area (Å²) in [6, 6.07) is 11.7. The van der Waals surface area contributed by atoms with Gasteiger partial charge in [0.25, 0.3) is 0 Å². The smallest absolute Gasteiger partial charge is 0.125 e. The van der Waals surface area contributed by atoms with Crippen molar-refractivity contribution in [2.24, 2.45) is 5.92 Å². The number of hydrogen-bond acceptors (Lipinski definition) is 5. The summed E-state index contributed by atoms with van der Waals surface area (Å²) in [6.07, 6.45) is 1.92. The first kappa shape index (κ1) is 17.3. The number of nitriles is 1. The third-order valence-corrected chi connectivity index (χ3v) is 4.50. The molecule has 25 heavy (non-hydrogen) atoms. The molecule has 130 valence electrons. The van der Waals surface area contributed by atoms with E-state index in [2.05, 4.69) is 15.2 Å². The predicted molar refractivity (Wildman–Crippen MR) is 93.3 cm³/mol. The zero-order chi connectivity index (χ0) is 17.6. The average Bonchev–Trinajstić information content (AvgIpc) is 3.08. The van der Waals surface area contributed by atoms with Crippen LogP contribution in [0.15, 0.2) is 42.6 Å². The number of aliphatic hydroxyl groups excluding tert-OH is 1. The molecule has 6 heteroatoms. The summed E-state index contributed by atoms with van der Waals surface area (Å²) in [7, 11) is 0. The molecule has 0 bridgehead atoms.